The van der Waals surface area contributed by atoms with E-state index in [1.54, 1.807) is 24.4 Å². The Kier molecular flexibility index (Phi) is 4.95. The smallest absolute Gasteiger partial charge is 0.249 e. The fraction of sp³-hybridized carbons (Fsp3) is 0.400. The molecule has 3 rings (SSSR count). The third-order valence-corrected chi connectivity index (χ3v) is 4.03. The van der Waals surface area contributed by atoms with Crippen molar-refractivity contribution in [3.63, 3.8) is 0 Å². The van der Waals surface area contributed by atoms with Crippen molar-refractivity contribution in [2.45, 2.75) is 25.7 Å². The Bertz CT molecular complexity index is 621. The molecule has 22 heavy (non-hydrogen) atoms. The summed E-state index contributed by atoms with van der Waals surface area (Å²) in [5, 5.41) is 12.3. The van der Waals surface area contributed by atoms with Crippen molar-refractivity contribution in [1.29, 1.82) is 0 Å². The third-order valence-electron chi connectivity index (χ3n) is 3.59. The second kappa shape index (κ2) is 7.11. The van der Waals surface area contributed by atoms with Crippen LogP contribution in [0.1, 0.15) is 25.7 Å². The summed E-state index contributed by atoms with van der Waals surface area (Å²) in [6, 6.07) is 5.23. The van der Waals surface area contributed by atoms with Gasteiger partial charge in [-0.2, -0.15) is 10.1 Å². The van der Waals surface area contributed by atoms with Crippen LogP contribution in [0.2, 0.25) is 10.0 Å². The number of nitrogens with one attached hydrogen (secondary N) is 1. The molecule has 1 aromatic heterocycles. The highest BCUT2D eigenvalue weighted by Crippen LogP contribution is 2.24. The van der Waals surface area contributed by atoms with E-state index >= 15 is 0 Å². The summed E-state index contributed by atoms with van der Waals surface area (Å²) in [5.41, 5.74) is 0.743. The Morgan fingerprint density at radius 1 is 0.955 bits per heavy atom. The van der Waals surface area contributed by atoms with Crippen LogP contribution in [0.15, 0.2) is 24.4 Å². The Labute approximate surface area is 139 Å². The lowest BCUT2D eigenvalue weighted by Crippen LogP contribution is -2.25. The van der Waals surface area contributed by atoms with Crippen LogP contribution in [0, 0.1) is 0 Å². The van der Waals surface area contributed by atoms with Crippen LogP contribution in [-0.4, -0.2) is 28.3 Å². The number of benzene rings is 1. The molecule has 0 unspecified atom stereocenters. The minimum Gasteiger partial charge on any atom is -0.355 e. The summed E-state index contributed by atoms with van der Waals surface area (Å²) < 4.78 is 0. The molecule has 2 heterocycles. The summed E-state index contributed by atoms with van der Waals surface area (Å²) >= 11 is 12.0. The van der Waals surface area contributed by atoms with Gasteiger partial charge in [0.25, 0.3) is 0 Å². The Morgan fingerprint density at radius 2 is 1.64 bits per heavy atom. The molecule has 1 aliphatic heterocycles. The molecule has 0 radical (unpaired) electrons. The standard InChI is InChI=1S/C15H17Cl2N5/c16-11-7-12(17)9-13(8-11)19-15-20-14(10-18-21-15)22-5-3-1-2-4-6-22/h7-10H,1-6H2,(H,19,20,21). The van der Waals surface area contributed by atoms with Crippen LogP contribution in [0.3, 0.4) is 0 Å². The van der Waals surface area contributed by atoms with Crippen molar-refractivity contribution in [3.05, 3.63) is 34.4 Å². The van der Waals surface area contributed by atoms with Crippen LogP contribution in [-0.2, 0) is 0 Å². The van der Waals surface area contributed by atoms with Crippen LogP contribution in [0.5, 0.6) is 0 Å². The monoisotopic (exact) mass is 337 g/mol. The lowest BCUT2D eigenvalue weighted by atomic mass is 10.2. The Balaban J connectivity index is 1.78. The third kappa shape index (κ3) is 3.99. The summed E-state index contributed by atoms with van der Waals surface area (Å²) in [7, 11) is 0. The molecule has 0 spiro atoms. The van der Waals surface area contributed by atoms with E-state index in [0.717, 1.165) is 24.6 Å². The average Bonchev–Trinajstić information content (AvgIpc) is 2.75. The van der Waals surface area contributed by atoms with Crippen molar-refractivity contribution in [3.8, 4) is 0 Å². The van der Waals surface area contributed by atoms with Gasteiger partial charge >= 0.3 is 0 Å². The Hall–Kier alpha value is -1.59. The van der Waals surface area contributed by atoms with Gasteiger partial charge in [0.15, 0.2) is 5.82 Å². The maximum absolute atomic E-state index is 6.00. The van der Waals surface area contributed by atoms with E-state index in [2.05, 4.69) is 25.4 Å². The van der Waals surface area contributed by atoms with Gasteiger partial charge < -0.3 is 10.2 Å². The van der Waals surface area contributed by atoms with Gasteiger partial charge in [-0.05, 0) is 31.0 Å². The van der Waals surface area contributed by atoms with Crippen molar-refractivity contribution in [2.24, 2.45) is 0 Å². The Morgan fingerprint density at radius 3 is 2.32 bits per heavy atom. The van der Waals surface area contributed by atoms with E-state index in [4.69, 9.17) is 23.2 Å². The van der Waals surface area contributed by atoms with E-state index in [0.29, 0.717) is 16.0 Å². The molecule has 1 fully saturated rings. The molecule has 1 saturated heterocycles. The molecule has 0 atom stereocenters. The van der Waals surface area contributed by atoms with E-state index in [9.17, 15) is 0 Å². The van der Waals surface area contributed by atoms with E-state index in [1.165, 1.54) is 25.7 Å². The van der Waals surface area contributed by atoms with Gasteiger partial charge in [0.05, 0.1) is 6.20 Å². The highest BCUT2D eigenvalue weighted by Gasteiger charge is 2.12. The van der Waals surface area contributed by atoms with Crippen molar-refractivity contribution in [1.82, 2.24) is 15.2 Å². The molecule has 2 aromatic rings. The number of halogens is 2. The van der Waals surface area contributed by atoms with Crippen LogP contribution >= 0.6 is 23.2 Å². The highest BCUT2D eigenvalue weighted by molar-refractivity contribution is 6.35. The van der Waals surface area contributed by atoms with E-state index < -0.39 is 0 Å². The predicted octanol–water partition coefficient (Wildman–Crippen LogP) is 4.30. The first-order chi connectivity index (χ1) is 10.7. The molecule has 1 N–H and O–H groups in total. The minimum atomic E-state index is 0.445. The predicted molar refractivity (Wildman–Crippen MR) is 90.3 cm³/mol. The molecular weight excluding hydrogens is 321 g/mol. The van der Waals surface area contributed by atoms with Crippen molar-refractivity contribution < 1.29 is 0 Å². The maximum atomic E-state index is 6.00. The summed E-state index contributed by atoms with van der Waals surface area (Å²) in [4.78, 5) is 6.81. The lowest BCUT2D eigenvalue weighted by molar-refractivity contribution is 0.726. The zero-order chi connectivity index (χ0) is 15.4. The quantitative estimate of drug-likeness (QED) is 0.904. The van der Waals surface area contributed by atoms with Crippen molar-refractivity contribution >= 4 is 40.7 Å². The number of aromatic nitrogens is 3. The van der Waals surface area contributed by atoms with Crippen LogP contribution < -0.4 is 10.2 Å². The second-order valence-corrected chi connectivity index (χ2v) is 6.20. The second-order valence-electron chi connectivity index (χ2n) is 5.32. The number of rotatable bonds is 3. The molecule has 0 bridgehead atoms. The van der Waals surface area contributed by atoms with Gasteiger partial charge in [0.1, 0.15) is 0 Å². The first kappa shape index (κ1) is 15.3. The number of anilines is 3. The SMILES string of the molecule is Clc1cc(Cl)cc(Nc2nncc(N3CCCCCC3)n2)c1. The summed E-state index contributed by atoms with van der Waals surface area (Å²) in [6.45, 7) is 2.03. The molecule has 5 nitrogen and oxygen atoms in total. The lowest BCUT2D eigenvalue weighted by Gasteiger charge is -2.20. The van der Waals surface area contributed by atoms with E-state index in [1.807, 2.05) is 0 Å². The van der Waals surface area contributed by atoms with Gasteiger partial charge in [0, 0.05) is 28.8 Å². The average molecular weight is 338 g/mol. The number of hydrogen-bond donors (Lipinski definition) is 1. The molecule has 0 saturated carbocycles. The summed E-state index contributed by atoms with van der Waals surface area (Å²) in [5.74, 6) is 1.30. The molecular formula is C15H17Cl2N5. The highest BCUT2D eigenvalue weighted by atomic mass is 35.5. The summed E-state index contributed by atoms with van der Waals surface area (Å²) in [6.07, 6.45) is 6.65. The molecule has 1 aliphatic rings. The topological polar surface area (TPSA) is 53.9 Å². The minimum absolute atomic E-state index is 0.445. The van der Waals surface area contributed by atoms with Gasteiger partial charge in [-0.1, -0.05) is 36.0 Å². The molecule has 0 aliphatic carbocycles. The van der Waals surface area contributed by atoms with Crippen LogP contribution in [0.4, 0.5) is 17.5 Å². The van der Waals surface area contributed by atoms with Crippen LogP contribution in [0.25, 0.3) is 0 Å². The zero-order valence-electron chi connectivity index (χ0n) is 12.1. The largest absolute Gasteiger partial charge is 0.355 e. The number of hydrogen-bond acceptors (Lipinski definition) is 5. The first-order valence-electron chi connectivity index (χ1n) is 7.38. The maximum Gasteiger partial charge on any atom is 0.249 e. The van der Waals surface area contributed by atoms with Gasteiger partial charge in [-0.25, -0.2) is 0 Å². The van der Waals surface area contributed by atoms with Crippen molar-refractivity contribution in [2.75, 3.05) is 23.3 Å². The van der Waals surface area contributed by atoms with Gasteiger partial charge in [0.2, 0.25) is 5.95 Å². The first-order valence-corrected chi connectivity index (χ1v) is 8.14. The van der Waals surface area contributed by atoms with Gasteiger partial charge in [-0.15, -0.1) is 5.10 Å². The molecule has 0 amide bonds. The fourth-order valence-electron chi connectivity index (χ4n) is 2.56. The number of nitrogens with zero attached hydrogens (tertiary/aromatic N) is 4. The molecule has 116 valence electrons. The zero-order valence-corrected chi connectivity index (χ0v) is 13.6. The molecule has 1 aromatic carbocycles. The normalized spacial score (nSPS) is 15.5. The van der Waals surface area contributed by atoms with Gasteiger partial charge in [-0.3, -0.25) is 0 Å². The molecule has 7 heteroatoms. The van der Waals surface area contributed by atoms with E-state index in [-0.39, 0.29) is 0 Å². The fourth-order valence-corrected chi connectivity index (χ4v) is 3.08.